The second-order valence-corrected chi connectivity index (χ2v) is 31.2. The summed E-state index contributed by atoms with van der Waals surface area (Å²) < 4.78 is 0. The van der Waals surface area contributed by atoms with Gasteiger partial charge in [-0.3, -0.25) is 0 Å². The first kappa shape index (κ1) is 76.3. The Morgan fingerprint density at radius 3 is 0.347 bits per heavy atom. The molecule has 124 heavy (non-hydrogen) atoms. The van der Waals surface area contributed by atoms with Crippen molar-refractivity contribution >= 4 is 68.2 Å². The van der Waals surface area contributed by atoms with Crippen LogP contribution in [0.2, 0.25) is 0 Å². The maximum Gasteiger partial charge on any atom is 0.0488 e. The van der Waals surface area contributed by atoms with Gasteiger partial charge in [0.1, 0.15) is 0 Å². The molecule has 0 spiro atoms. The highest BCUT2D eigenvalue weighted by atomic mass is 15.2. The van der Waals surface area contributed by atoms with Gasteiger partial charge in [0.2, 0.25) is 0 Å². The largest absolute Gasteiger partial charge is 0.310 e. The van der Waals surface area contributed by atoms with Crippen molar-refractivity contribution in [3.8, 4) is 122 Å². The predicted molar refractivity (Wildman–Crippen MR) is 525 cm³/mol. The summed E-state index contributed by atoms with van der Waals surface area (Å²) in [5, 5.41) is 0. The van der Waals surface area contributed by atoms with Crippen molar-refractivity contribution in [3.63, 3.8) is 0 Å². The molecule has 0 bridgehead atoms. The number of anilines is 12. The van der Waals surface area contributed by atoms with E-state index in [1.54, 1.807) is 0 Å². The molecule has 0 radical (unpaired) electrons. The summed E-state index contributed by atoms with van der Waals surface area (Å²) in [6.07, 6.45) is 0. The third-order valence-corrected chi connectivity index (χ3v) is 23.5. The lowest BCUT2D eigenvalue weighted by atomic mass is 9.88. The molecular weight excluding hydrogens is 1500 g/mol. The van der Waals surface area contributed by atoms with Crippen LogP contribution in [0.5, 0.6) is 0 Å². The van der Waals surface area contributed by atoms with Crippen LogP contribution in [0.3, 0.4) is 0 Å². The molecule has 4 heteroatoms. The number of hydrogen-bond donors (Lipinski definition) is 0. The number of rotatable bonds is 23. The van der Waals surface area contributed by atoms with Crippen molar-refractivity contribution in [1.82, 2.24) is 0 Å². The van der Waals surface area contributed by atoms with Gasteiger partial charge in [-0.15, -0.1) is 0 Å². The fourth-order valence-corrected chi connectivity index (χ4v) is 17.2. The average molecular weight is 1580 g/mol. The van der Waals surface area contributed by atoms with E-state index in [4.69, 9.17) is 0 Å². The molecule has 0 unspecified atom stereocenters. The lowest BCUT2D eigenvalue weighted by molar-refractivity contribution is 1.25. The number of hydrogen-bond acceptors (Lipinski definition) is 4. The molecule has 0 saturated carbocycles. The van der Waals surface area contributed by atoms with Gasteiger partial charge in [-0.05, 0) is 256 Å². The van der Waals surface area contributed by atoms with E-state index in [1.165, 1.54) is 0 Å². The van der Waals surface area contributed by atoms with Crippen LogP contribution in [0.25, 0.3) is 122 Å². The molecule has 0 aliphatic rings. The van der Waals surface area contributed by atoms with Crippen LogP contribution in [0.1, 0.15) is 0 Å². The molecule has 0 aliphatic heterocycles. The van der Waals surface area contributed by atoms with Crippen LogP contribution >= 0.6 is 0 Å². The van der Waals surface area contributed by atoms with E-state index in [-0.39, 0.29) is 0 Å². The van der Waals surface area contributed by atoms with Gasteiger partial charge in [0.15, 0.2) is 0 Å². The highest BCUT2D eigenvalue weighted by Crippen LogP contribution is 2.51. The summed E-state index contributed by atoms with van der Waals surface area (Å²) in [6, 6.07) is 190. The maximum absolute atomic E-state index is 2.43. The molecule has 0 heterocycles. The molecule has 0 aromatic heterocycles. The van der Waals surface area contributed by atoms with E-state index in [0.29, 0.717) is 0 Å². The van der Waals surface area contributed by atoms with Crippen LogP contribution in [0.4, 0.5) is 68.2 Å². The zero-order valence-electron chi connectivity index (χ0n) is 68.4. The Bertz CT molecular complexity index is 5830. The third kappa shape index (κ3) is 16.4. The highest BCUT2D eigenvalue weighted by molar-refractivity contribution is 5.98. The molecule has 0 fully saturated rings. The second-order valence-electron chi connectivity index (χ2n) is 31.2. The Kier molecular flexibility index (Phi) is 21.7. The van der Waals surface area contributed by atoms with E-state index in [1.807, 2.05) is 0 Å². The lowest BCUT2D eigenvalue weighted by Crippen LogP contribution is -2.14. The van der Waals surface area contributed by atoms with Gasteiger partial charge in [0.05, 0.1) is 0 Å². The molecule has 0 saturated heterocycles. The Labute approximate surface area is 727 Å². The fourth-order valence-electron chi connectivity index (χ4n) is 17.2. The molecule has 0 N–H and O–H groups in total. The summed E-state index contributed by atoms with van der Waals surface area (Å²) in [7, 11) is 0. The number of benzene rings is 20. The highest BCUT2D eigenvalue weighted by Gasteiger charge is 2.26. The van der Waals surface area contributed by atoms with Crippen molar-refractivity contribution in [3.05, 3.63) is 522 Å². The second kappa shape index (κ2) is 35.3. The summed E-state index contributed by atoms with van der Waals surface area (Å²) in [5.41, 5.74) is 36.6. The Balaban J connectivity index is 0.812. The van der Waals surface area contributed by atoms with E-state index < -0.39 is 0 Å². The van der Waals surface area contributed by atoms with Gasteiger partial charge >= 0.3 is 0 Å². The quantitative estimate of drug-likeness (QED) is 0.0633. The maximum atomic E-state index is 2.43. The molecule has 0 atom stereocenters. The average Bonchev–Trinajstić information content (AvgIpc) is 0.758. The third-order valence-electron chi connectivity index (χ3n) is 23.5. The van der Waals surface area contributed by atoms with Crippen LogP contribution in [0.15, 0.2) is 522 Å². The van der Waals surface area contributed by atoms with Gasteiger partial charge in [0.25, 0.3) is 0 Å². The number of nitrogens with zero attached hydrogens (tertiary/aromatic N) is 4. The molecular formula is C120H86N4. The van der Waals surface area contributed by atoms with E-state index in [2.05, 4.69) is 541 Å². The zero-order chi connectivity index (χ0) is 82.8. The van der Waals surface area contributed by atoms with Gasteiger partial charge < -0.3 is 19.6 Å². The van der Waals surface area contributed by atoms with Crippen molar-refractivity contribution in [2.24, 2.45) is 0 Å². The Morgan fingerprint density at radius 1 is 0.0806 bits per heavy atom. The van der Waals surface area contributed by atoms with Crippen molar-refractivity contribution in [2.45, 2.75) is 0 Å². The van der Waals surface area contributed by atoms with Crippen LogP contribution in [0, 0.1) is 0 Å². The smallest absolute Gasteiger partial charge is 0.0488 e. The first-order valence-corrected chi connectivity index (χ1v) is 42.4. The van der Waals surface area contributed by atoms with Gasteiger partial charge in [-0.2, -0.15) is 0 Å². The van der Waals surface area contributed by atoms with Crippen LogP contribution in [-0.2, 0) is 0 Å². The first-order chi connectivity index (χ1) is 61.5. The van der Waals surface area contributed by atoms with Gasteiger partial charge in [0, 0.05) is 68.2 Å². The normalized spacial score (nSPS) is 11.1. The first-order valence-electron chi connectivity index (χ1n) is 42.4. The molecule has 0 amide bonds. The SMILES string of the molecule is c1ccc(-c2ccc(N(c3ccc(-c4ccccc4)cc3)c3cc(-c4ccccc4-c4ccccc4-c4cc(N(c5ccc(-c6ccccc6)cc5)c5ccc(-c6ccccc6)cc5)cc(N(c5ccc(-c6ccccc6)cc5)c5ccc(-c6ccccc6)cc5)c4)cc(N(c4ccc(-c5ccccc5)cc4)c4ccc(-c5ccccc5)cc4)c3)cc2)cc1. The molecule has 20 aromatic rings. The monoisotopic (exact) mass is 1580 g/mol. The standard InChI is InChI=1S/C120H86N4/c1-9-29-87(30-10-1)95-49-65-105(66-50-95)121(106-67-51-96(52-68-106)88-31-11-2-12-32-88)113-81-103(82-114(85-113)122(107-69-53-97(54-70-107)89-33-13-3-14-34-89)108-71-55-98(56-72-108)90-35-15-4-16-36-90)117-45-25-27-47-119(117)120-48-28-26-46-118(120)104-83-115(123(109-73-57-99(58-74-109)91-37-17-5-18-38-91)110-75-59-100(60-76-110)92-39-19-6-20-40-92)86-116(84-104)124(111-77-61-101(62-78-111)93-41-21-7-22-42-93)112-79-63-102(64-80-112)94-43-23-8-24-44-94/h1-86H. The van der Waals surface area contributed by atoms with E-state index in [0.717, 1.165) is 191 Å². The van der Waals surface area contributed by atoms with Gasteiger partial charge in [-0.1, -0.05) is 388 Å². The minimum absolute atomic E-state index is 0.974. The molecule has 0 aliphatic carbocycles. The van der Waals surface area contributed by atoms with Crippen LogP contribution < -0.4 is 19.6 Å². The zero-order valence-corrected chi connectivity index (χ0v) is 68.4. The minimum atomic E-state index is 0.974. The molecule has 586 valence electrons. The molecule has 20 aromatic carbocycles. The van der Waals surface area contributed by atoms with Crippen molar-refractivity contribution in [2.75, 3.05) is 19.6 Å². The van der Waals surface area contributed by atoms with E-state index >= 15 is 0 Å². The summed E-state index contributed by atoms with van der Waals surface area (Å²) in [6.45, 7) is 0. The minimum Gasteiger partial charge on any atom is -0.310 e. The van der Waals surface area contributed by atoms with Crippen molar-refractivity contribution < 1.29 is 0 Å². The molecule has 4 nitrogen and oxygen atoms in total. The predicted octanol–water partition coefficient (Wildman–Crippen LogP) is 33.9. The topological polar surface area (TPSA) is 13.0 Å². The molecule has 20 rings (SSSR count). The summed E-state index contributed by atoms with van der Waals surface area (Å²) in [4.78, 5) is 9.73. The summed E-state index contributed by atoms with van der Waals surface area (Å²) in [5.74, 6) is 0. The van der Waals surface area contributed by atoms with E-state index in [9.17, 15) is 0 Å². The van der Waals surface area contributed by atoms with Crippen molar-refractivity contribution in [1.29, 1.82) is 0 Å². The van der Waals surface area contributed by atoms with Crippen LogP contribution in [-0.4, -0.2) is 0 Å². The Morgan fingerprint density at radius 2 is 0.202 bits per heavy atom. The Hall–Kier alpha value is -16.4. The lowest BCUT2D eigenvalue weighted by Gasteiger charge is -2.31. The summed E-state index contributed by atoms with van der Waals surface area (Å²) >= 11 is 0. The fraction of sp³-hybridized carbons (Fsp3) is 0. The van der Waals surface area contributed by atoms with Gasteiger partial charge in [-0.25, -0.2) is 0 Å².